The Morgan fingerprint density at radius 3 is 2.54 bits per heavy atom. The third-order valence-corrected chi connectivity index (χ3v) is 4.25. The average Bonchev–Trinajstić information content (AvgIpc) is 3.05. The van der Waals surface area contributed by atoms with Gasteiger partial charge in [0.2, 0.25) is 0 Å². The molecule has 144 valence electrons. The van der Waals surface area contributed by atoms with Gasteiger partial charge in [-0.05, 0) is 24.1 Å². The minimum atomic E-state index is -4.42. The first-order valence-electron chi connectivity index (χ1n) is 7.43. The lowest BCUT2D eigenvalue weighted by Gasteiger charge is -2.12. The van der Waals surface area contributed by atoms with Crippen LogP contribution in [0.1, 0.15) is 21.8 Å². The van der Waals surface area contributed by atoms with E-state index in [0.29, 0.717) is 17.5 Å². The molecule has 0 saturated heterocycles. The smallest absolute Gasteiger partial charge is 0.434 e. The number of halogens is 4. The molecule has 0 amide bonds. The maximum Gasteiger partial charge on any atom is 0.434 e. The fraction of sp³-hybridized carbons (Fsp3) is 0.375. The second-order valence-corrected chi connectivity index (χ2v) is 6.15. The average molecular weight is 500 g/mol. The summed E-state index contributed by atoms with van der Waals surface area (Å²) in [5.41, 5.74) is 1.17. The number of thiazole rings is 1. The van der Waals surface area contributed by atoms with Crippen LogP contribution in [-0.2, 0) is 19.3 Å². The largest absolute Gasteiger partial charge is 0.496 e. The van der Waals surface area contributed by atoms with Crippen LogP contribution in [0.2, 0.25) is 0 Å². The van der Waals surface area contributed by atoms with E-state index in [-0.39, 0.29) is 30.5 Å². The highest BCUT2D eigenvalue weighted by Crippen LogP contribution is 2.29. The molecule has 0 unspecified atom stereocenters. The summed E-state index contributed by atoms with van der Waals surface area (Å²) in [6.45, 7) is 2.62. The minimum Gasteiger partial charge on any atom is -0.496 e. The van der Waals surface area contributed by atoms with Crippen LogP contribution in [0, 0.1) is 6.92 Å². The summed E-state index contributed by atoms with van der Waals surface area (Å²) in [5, 5.41) is 7.40. The predicted molar refractivity (Wildman–Crippen MR) is 107 cm³/mol. The SMILES string of the molecule is CN=C(NCc1ccc(C)c(OC)c1)NCc1nc(C(F)(F)F)cs1.I. The molecule has 1 heterocycles. The van der Waals surface area contributed by atoms with Crippen LogP contribution in [0.25, 0.3) is 0 Å². The molecule has 26 heavy (non-hydrogen) atoms. The van der Waals surface area contributed by atoms with Crippen molar-refractivity contribution in [3.8, 4) is 5.75 Å². The topological polar surface area (TPSA) is 58.5 Å². The standard InChI is InChI=1S/C16H19F3N4OS.HI/c1-10-4-5-11(6-12(10)24-3)7-21-15(20-2)22-8-14-23-13(9-25-14)16(17,18)19;/h4-6,9H,7-8H2,1-3H3,(H2,20,21,22);1H. The number of methoxy groups -OCH3 is 1. The number of ether oxygens (including phenoxy) is 1. The molecule has 0 spiro atoms. The normalized spacial score (nSPS) is 11.7. The van der Waals surface area contributed by atoms with Crippen molar-refractivity contribution in [2.75, 3.05) is 14.2 Å². The molecule has 0 aliphatic rings. The molecule has 0 aliphatic carbocycles. The van der Waals surface area contributed by atoms with Crippen molar-refractivity contribution in [1.82, 2.24) is 15.6 Å². The maximum atomic E-state index is 12.5. The van der Waals surface area contributed by atoms with E-state index in [1.54, 1.807) is 14.2 Å². The Morgan fingerprint density at radius 1 is 1.27 bits per heavy atom. The van der Waals surface area contributed by atoms with Crippen LogP contribution in [0.4, 0.5) is 13.2 Å². The molecule has 2 aromatic rings. The number of hydrogen-bond acceptors (Lipinski definition) is 4. The van der Waals surface area contributed by atoms with E-state index in [0.717, 1.165) is 33.6 Å². The number of rotatable bonds is 5. The van der Waals surface area contributed by atoms with Gasteiger partial charge < -0.3 is 15.4 Å². The molecular formula is C16H20F3IN4OS. The molecule has 0 bridgehead atoms. The van der Waals surface area contributed by atoms with Gasteiger partial charge >= 0.3 is 6.18 Å². The summed E-state index contributed by atoms with van der Waals surface area (Å²) in [5.74, 6) is 1.27. The summed E-state index contributed by atoms with van der Waals surface area (Å²) in [6.07, 6.45) is -4.42. The van der Waals surface area contributed by atoms with Gasteiger partial charge in [-0.3, -0.25) is 4.99 Å². The van der Waals surface area contributed by atoms with Crippen molar-refractivity contribution in [2.24, 2.45) is 4.99 Å². The highest BCUT2D eigenvalue weighted by Gasteiger charge is 2.33. The van der Waals surface area contributed by atoms with Crippen LogP contribution in [0.3, 0.4) is 0 Å². The molecule has 0 aliphatic heterocycles. The summed E-state index contributed by atoms with van der Waals surface area (Å²) in [4.78, 5) is 7.62. The Morgan fingerprint density at radius 2 is 1.96 bits per heavy atom. The molecule has 2 rings (SSSR count). The number of nitrogens with one attached hydrogen (secondary N) is 2. The zero-order valence-electron chi connectivity index (χ0n) is 14.5. The van der Waals surface area contributed by atoms with E-state index in [4.69, 9.17) is 4.74 Å². The highest BCUT2D eigenvalue weighted by atomic mass is 127. The Hall–Kier alpha value is -1.56. The van der Waals surface area contributed by atoms with Gasteiger partial charge in [0.05, 0.1) is 13.7 Å². The van der Waals surface area contributed by atoms with Crippen LogP contribution in [0.15, 0.2) is 28.6 Å². The number of guanidine groups is 1. The number of alkyl halides is 3. The fourth-order valence-corrected chi connectivity index (χ4v) is 2.80. The van der Waals surface area contributed by atoms with Gasteiger partial charge in [-0.2, -0.15) is 13.2 Å². The van der Waals surface area contributed by atoms with Crippen LogP contribution in [-0.4, -0.2) is 25.1 Å². The van der Waals surface area contributed by atoms with Gasteiger partial charge in [0.25, 0.3) is 0 Å². The molecule has 0 saturated carbocycles. The molecule has 0 fully saturated rings. The zero-order chi connectivity index (χ0) is 18.4. The maximum absolute atomic E-state index is 12.5. The summed E-state index contributed by atoms with van der Waals surface area (Å²) < 4.78 is 42.9. The van der Waals surface area contributed by atoms with Crippen LogP contribution < -0.4 is 15.4 Å². The van der Waals surface area contributed by atoms with Crippen molar-refractivity contribution in [3.63, 3.8) is 0 Å². The number of aliphatic imine (C=N–C) groups is 1. The molecular weight excluding hydrogens is 480 g/mol. The Kier molecular flexibility index (Phi) is 8.60. The molecule has 5 nitrogen and oxygen atoms in total. The first-order chi connectivity index (χ1) is 11.8. The minimum absolute atomic E-state index is 0. The third-order valence-electron chi connectivity index (χ3n) is 3.41. The number of hydrogen-bond donors (Lipinski definition) is 2. The first kappa shape index (κ1) is 22.5. The lowest BCUT2D eigenvalue weighted by molar-refractivity contribution is -0.140. The molecule has 0 atom stereocenters. The van der Waals surface area contributed by atoms with Crippen molar-refractivity contribution in [1.29, 1.82) is 0 Å². The molecule has 0 radical (unpaired) electrons. The third kappa shape index (κ3) is 6.31. The number of aromatic nitrogens is 1. The number of nitrogens with zero attached hydrogens (tertiary/aromatic N) is 2. The summed E-state index contributed by atoms with van der Waals surface area (Å²) in [6, 6.07) is 5.85. The number of aryl methyl sites for hydroxylation is 1. The van der Waals surface area contributed by atoms with E-state index >= 15 is 0 Å². The van der Waals surface area contributed by atoms with Gasteiger partial charge in [0.1, 0.15) is 10.8 Å². The Bertz CT molecular complexity index is 749. The number of benzene rings is 1. The van der Waals surface area contributed by atoms with E-state index in [9.17, 15) is 13.2 Å². The molecule has 1 aromatic heterocycles. The van der Waals surface area contributed by atoms with Crippen molar-refractivity contribution < 1.29 is 17.9 Å². The monoisotopic (exact) mass is 500 g/mol. The molecule has 10 heteroatoms. The van der Waals surface area contributed by atoms with E-state index in [1.807, 2.05) is 25.1 Å². The quantitative estimate of drug-likeness (QED) is 0.371. The summed E-state index contributed by atoms with van der Waals surface area (Å²) >= 11 is 0.957. The Labute approximate surface area is 171 Å². The Balaban J connectivity index is 0.00000338. The van der Waals surface area contributed by atoms with E-state index in [1.165, 1.54) is 0 Å². The highest BCUT2D eigenvalue weighted by molar-refractivity contribution is 14.0. The second-order valence-electron chi connectivity index (χ2n) is 5.21. The lowest BCUT2D eigenvalue weighted by atomic mass is 10.1. The van der Waals surface area contributed by atoms with Crippen LogP contribution >= 0.6 is 35.3 Å². The van der Waals surface area contributed by atoms with E-state index < -0.39 is 11.9 Å². The van der Waals surface area contributed by atoms with Crippen molar-refractivity contribution >= 4 is 41.3 Å². The van der Waals surface area contributed by atoms with E-state index in [2.05, 4.69) is 20.6 Å². The van der Waals surface area contributed by atoms with Gasteiger partial charge in [-0.25, -0.2) is 4.98 Å². The van der Waals surface area contributed by atoms with Gasteiger partial charge in [-0.1, -0.05) is 12.1 Å². The van der Waals surface area contributed by atoms with Gasteiger partial charge in [0.15, 0.2) is 11.7 Å². The van der Waals surface area contributed by atoms with Gasteiger partial charge in [0, 0.05) is 19.0 Å². The second kappa shape index (κ2) is 9.95. The van der Waals surface area contributed by atoms with Gasteiger partial charge in [-0.15, -0.1) is 35.3 Å². The fourth-order valence-electron chi connectivity index (χ4n) is 2.06. The lowest BCUT2D eigenvalue weighted by Crippen LogP contribution is -2.36. The molecule has 1 aromatic carbocycles. The summed E-state index contributed by atoms with van der Waals surface area (Å²) in [7, 11) is 3.21. The zero-order valence-corrected chi connectivity index (χ0v) is 17.6. The first-order valence-corrected chi connectivity index (χ1v) is 8.31. The predicted octanol–water partition coefficient (Wildman–Crippen LogP) is 3.96. The van der Waals surface area contributed by atoms with Crippen LogP contribution in [0.5, 0.6) is 5.75 Å². The van der Waals surface area contributed by atoms with Crippen molar-refractivity contribution in [3.05, 3.63) is 45.4 Å². The van der Waals surface area contributed by atoms with Crippen molar-refractivity contribution in [2.45, 2.75) is 26.2 Å². The molecule has 2 N–H and O–H groups in total.